The van der Waals surface area contributed by atoms with Crippen LogP contribution in [0.4, 0.5) is 13.2 Å². The van der Waals surface area contributed by atoms with Gasteiger partial charge in [-0.15, -0.1) is 12.4 Å². The molecule has 2 N–H and O–H groups in total. The normalized spacial score (nSPS) is 23.1. The molecule has 0 radical (unpaired) electrons. The Kier molecular flexibility index (Phi) is 5.95. The lowest BCUT2D eigenvalue weighted by atomic mass is 9.90. The van der Waals surface area contributed by atoms with Gasteiger partial charge in [0, 0.05) is 18.1 Å². The largest absolute Gasteiger partial charge is 0.416 e. The van der Waals surface area contributed by atoms with Gasteiger partial charge in [0.15, 0.2) is 0 Å². The van der Waals surface area contributed by atoms with E-state index in [0.29, 0.717) is 23.7 Å². The zero-order chi connectivity index (χ0) is 15.0. The quantitative estimate of drug-likeness (QED) is 0.900. The molecular formula is C14H19Cl2F3N2. The maximum absolute atomic E-state index is 12.7. The first-order valence-electron chi connectivity index (χ1n) is 6.52. The number of halogens is 5. The van der Waals surface area contributed by atoms with Crippen molar-refractivity contribution in [3.05, 3.63) is 34.3 Å². The summed E-state index contributed by atoms with van der Waals surface area (Å²) in [6.45, 7) is 4.73. The molecule has 2 rings (SSSR count). The standard InChI is InChI=1S/C14H18ClF3N2.ClH/c1-13(8-19)4-5-20(9-13)7-10-6-11(14(16,17)18)2-3-12(10)15;/h2-3,6H,4-5,7-9,19H2,1H3;1H. The summed E-state index contributed by atoms with van der Waals surface area (Å²) in [5, 5.41) is 0.374. The fraction of sp³-hybridized carbons (Fsp3) is 0.571. The van der Waals surface area contributed by atoms with Crippen molar-refractivity contribution in [3.8, 4) is 0 Å². The van der Waals surface area contributed by atoms with Gasteiger partial charge in [0.2, 0.25) is 0 Å². The Morgan fingerprint density at radius 1 is 1.38 bits per heavy atom. The molecule has 0 spiro atoms. The highest BCUT2D eigenvalue weighted by Crippen LogP contribution is 2.34. The Morgan fingerprint density at radius 3 is 2.57 bits per heavy atom. The molecule has 1 atom stereocenters. The number of nitrogens with zero attached hydrogens (tertiary/aromatic N) is 1. The van der Waals surface area contributed by atoms with E-state index in [-0.39, 0.29) is 17.8 Å². The first-order chi connectivity index (χ1) is 9.23. The molecule has 0 bridgehead atoms. The maximum Gasteiger partial charge on any atom is 0.416 e. The van der Waals surface area contributed by atoms with Crippen LogP contribution in [0.3, 0.4) is 0 Å². The van der Waals surface area contributed by atoms with Crippen molar-refractivity contribution < 1.29 is 13.2 Å². The Hall–Kier alpha value is -0.490. The average molecular weight is 343 g/mol. The van der Waals surface area contributed by atoms with Gasteiger partial charge in [0.1, 0.15) is 0 Å². The summed E-state index contributed by atoms with van der Waals surface area (Å²) in [6, 6.07) is 3.47. The van der Waals surface area contributed by atoms with E-state index in [1.54, 1.807) is 0 Å². The summed E-state index contributed by atoms with van der Waals surface area (Å²) >= 11 is 6.01. The number of hydrogen-bond donors (Lipinski definition) is 1. The Bertz CT molecular complexity index is 494. The molecule has 1 aliphatic heterocycles. The van der Waals surface area contributed by atoms with Gasteiger partial charge in [-0.05, 0) is 48.7 Å². The molecule has 1 fully saturated rings. The van der Waals surface area contributed by atoms with E-state index >= 15 is 0 Å². The molecule has 2 nitrogen and oxygen atoms in total. The first kappa shape index (κ1) is 18.6. The van der Waals surface area contributed by atoms with E-state index in [1.165, 1.54) is 6.07 Å². The lowest BCUT2D eigenvalue weighted by Gasteiger charge is -2.23. The second kappa shape index (κ2) is 6.73. The minimum absolute atomic E-state index is 0. The van der Waals surface area contributed by atoms with E-state index in [9.17, 15) is 13.2 Å². The van der Waals surface area contributed by atoms with E-state index in [4.69, 9.17) is 17.3 Å². The Labute approximate surface area is 133 Å². The summed E-state index contributed by atoms with van der Waals surface area (Å²) in [5.74, 6) is 0. The Morgan fingerprint density at radius 2 is 2.05 bits per heavy atom. The third-order valence-corrected chi connectivity index (χ3v) is 4.27. The van der Waals surface area contributed by atoms with Gasteiger partial charge in [-0.25, -0.2) is 0 Å². The predicted molar refractivity (Wildman–Crippen MR) is 80.8 cm³/mol. The van der Waals surface area contributed by atoms with Crippen LogP contribution >= 0.6 is 24.0 Å². The predicted octanol–water partition coefficient (Wildman–Crippen LogP) is 3.95. The number of likely N-dealkylation sites (tertiary alicyclic amines) is 1. The van der Waals surface area contributed by atoms with Crippen molar-refractivity contribution >= 4 is 24.0 Å². The monoisotopic (exact) mass is 342 g/mol. The molecule has 1 aromatic rings. The zero-order valence-electron chi connectivity index (χ0n) is 11.7. The number of benzene rings is 1. The maximum atomic E-state index is 12.7. The van der Waals surface area contributed by atoms with Crippen LogP contribution in [0.2, 0.25) is 5.02 Å². The number of nitrogens with two attached hydrogens (primary N) is 1. The van der Waals surface area contributed by atoms with Gasteiger partial charge in [-0.3, -0.25) is 4.90 Å². The summed E-state index contributed by atoms with van der Waals surface area (Å²) in [7, 11) is 0. The summed E-state index contributed by atoms with van der Waals surface area (Å²) in [6.07, 6.45) is -3.38. The highest BCUT2D eigenvalue weighted by molar-refractivity contribution is 6.31. The molecular weight excluding hydrogens is 324 g/mol. The van der Waals surface area contributed by atoms with E-state index < -0.39 is 11.7 Å². The van der Waals surface area contributed by atoms with Crippen LogP contribution in [0.15, 0.2) is 18.2 Å². The average Bonchev–Trinajstić information content (AvgIpc) is 2.73. The van der Waals surface area contributed by atoms with Gasteiger partial charge in [-0.2, -0.15) is 13.2 Å². The van der Waals surface area contributed by atoms with Crippen LogP contribution in [0.5, 0.6) is 0 Å². The van der Waals surface area contributed by atoms with Crippen molar-refractivity contribution in [2.75, 3.05) is 19.6 Å². The van der Waals surface area contributed by atoms with Crippen LogP contribution in [0, 0.1) is 5.41 Å². The smallest absolute Gasteiger partial charge is 0.330 e. The fourth-order valence-corrected chi connectivity index (χ4v) is 2.72. The van der Waals surface area contributed by atoms with E-state index in [0.717, 1.165) is 31.6 Å². The second-order valence-electron chi connectivity index (χ2n) is 5.78. The first-order valence-corrected chi connectivity index (χ1v) is 6.89. The Balaban J connectivity index is 0.00000220. The molecule has 1 saturated heterocycles. The van der Waals surface area contributed by atoms with Crippen LogP contribution < -0.4 is 5.73 Å². The van der Waals surface area contributed by atoms with Crippen LogP contribution in [-0.4, -0.2) is 24.5 Å². The molecule has 0 aliphatic carbocycles. The lowest BCUT2D eigenvalue weighted by Crippen LogP contribution is -2.31. The summed E-state index contributed by atoms with van der Waals surface area (Å²) < 4.78 is 38.2. The van der Waals surface area contributed by atoms with Crippen LogP contribution in [0.25, 0.3) is 0 Å². The molecule has 0 aromatic heterocycles. The van der Waals surface area contributed by atoms with Crippen molar-refractivity contribution in [1.29, 1.82) is 0 Å². The molecule has 7 heteroatoms. The highest BCUT2D eigenvalue weighted by atomic mass is 35.5. The van der Waals surface area contributed by atoms with E-state index in [1.807, 2.05) is 0 Å². The molecule has 1 aliphatic rings. The zero-order valence-corrected chi connectivity index (χ0v) is 13.3. The minimum Gasteiger partial charge on any atom is -0.330 e. The van der Waals surface area contributed by atoms with Gasteiger partial charge in [0.05, 0.1) is 5.56 Å². The van der Waals surface area contributed by atoms with E-state index in [2.05, 4.69) is 11.8 Å². The topological polar surface area (TPSA) is 29.3 Å². The van der Waals surface area contributed by atoms with Crippen molar-refractivity contribution in [2.45, 2.75) is 26.1 Å². The summed E-state index contributed by atoms with van der Waals surface area (Å²) in [5.41, 5.74) is 5.64. The molecule has 1 aromatic carbocycles. The SMILES string of the molecule is CC1(CN)CCN(Cc2cc(C(F)(F)F)ccc2Cl)C1.Cl. The van der Waals surface area contributed by atoms with Crippen molar-refractivity contribution in [3.63, 3.8) is 0 Å². The molecule has 21 heavy (non-hydrogen) atoms. The molecule has 1 heterocycles. The molecule has 120 valence electrons. The van der Waals surface area contributed by atoms with Gasteiger partial charge in [0.25, 0.3) is 0 Å². The highest BCUT2D eigenvalue weighted by Gasteiger charge is 2.34. The van der Waals surface area contributed by atoms with Crippen molar-refractivity contribution in [2.24, 2.45) is 11.1 Å². The molecule has 0 amide bonds. The minimum atomic E-state index is -4.34. The summed E-state index contributed by atoms with van der Waals surface area (Å²) in [4.78, 5) is 2.11. The van der Waals surface area contributed by atoms with Crippen molar-refractivity contribution in [1.82, 2.24) is 4.90 Å². The van der Waals surface area contributed by atoms with Crippen LogP contribution in [-0.2, 0) is 12.7 Å². The third-order valence-electron chi connectivity index (χ3n) is 3.90. The van der Waals surface area contributed by atoms with Gasteiger partial charge >= 0.3 is 6.18 Å². The number of rotatable bonds is 3. The fourth-order valence-electron chi connectivity index (χ4n) is 2.54. The lowest BCUT2D eigenvalue weighted by molar-refractivity contribution is -0.137. The number of alkyl halides is 3. The molecule has 1 unspecified atom stereocenters. The van der Waals surface area contributed by atoms with Gasteiger partial charge < -0.3 is 5.73 Å². The molecule has 0 saturated carbocycles. The van der Waals surface area contributed by atoms with Gasteiger partial charge in [-0.1, -0.05) is 18.5 Å². The third kappa shape index (κ3) is 4.49. The second-order valence-corrected chi connectivity index (χ2v) is 6.19. The van der Waals surface area contributed by atoms with Crippen LogP contribution in [0.1, 0.15) is 24.5 Å². The number of hydrogen-bond acceptors (Lipinski definition) is 2.